The van der Waals surface area contributed by atoms with Gasteiger partial charge in [-0.2, -0.15) is 0 Å². The maximum atomic E-state index is 5.86. The number of aryl methyl sites for hydroxylation is 2. The second kappa shape index (κ2) is 6.90. The normalized spacial score (nSPS) is 10.1. The van der Waals surface area contributed by atoms with E-state index in [2.05, 4.69) is 38.7 Å². The summed E-state index contributed by atoms with van der Waals surface area (Å²) in [4.78, 5) is 4.07. The molecule has 2 heteroatoms. The van der Waals surface area contributed by atoms with Crippen molar-refractivity contribution in [3.05, 3.63) is 77.9 Å². The van der Waals surface area contributed by atoms with Crippen LogP contribution < -0.4 is 4.74 Å². The highest BCUT2D eigenvalue weighted by Crippen LogP contribution is 2.30. The standard InChI is InChI=1S/C20H21NO/c1-6-7-17-8-10-18(11-9-17)22-16(4)19-12-14(2)15(3)13-20(19)21-5/h6,8-13H,1,4-5,7H2,2-3H3. The highest BCUT2D eigenvalue weighted by atomic mass is 16.5. The smallest absolute Gasteiger partial charge is 0.129 e. The Morgan fingerprint density at radius 1 is 1.14 bits per heavy atom. The molecular formula is C20H21NO. The topological polar surface area (TPSA) is 21.6 Å². The van der Waals surface area contributed by atoms with Crippen molar-refractivity contribution in [3.63, 3.8) is 0 Å². The van der Waals surface area contributed by atoms with E-state index in [4.69, 9.17) is 4.74 Å². The Labute approximate surface area is 132 Å². The number of hydrogen-bond acceptors (Lipinski definition) is 2. The minimum atomic E-state index is 0.571. The molecule has 2 rings (SSSR count). The SMILES string of the molecule is C=CCc1ccc(OC(=C)c2cc(C)c(C)cc2N=C)cc1. The van der Waals surface area contributed by atoms with Crippen molar-refractivity contribution in [1.82, 2.24) is 0 Å². The maximum absolute atomic E-state index is 5.86. The minimum absolute atomic E-state index is 0.571. The second-order valence-electron chi connectivity index (χ2n) is 5.27. The summed E-state index contributed by atoms with van der Waals surface area (Å²) in [5.41, 5.74) is 5.21. The Hall–Kier alpha value is -2.61. The van der Waals surface area contributed by atoms with Crippen LogP contribution in [0.2, 0.25) is 0 Å². The summed E-state index contributed by atoms with van der Waals surface area (Å²) in [5.74, 6) is 1.33. The number of aliphatic imine (C=N–C) groups is 1. The van der Waals surface area contributed by atoms with Crippen LogP contribution in [-0.4, -0.2) is 6.72 Å². The molecule has 0 aromatic heterocycles. The largest absolute Gasteiger partial charge is 0.457 e. The Kier molecular flexibility index (Phi) is 4.95. The number of ether oxygens (including phenoxy) is 1. The molecule has 0 aliphatic rings. The van der Waals surface area contributed by atoms with E-state index in [-0.39, 0.29) is 0 Å². The molecule has 0 fully saturated rings. The van der Waals surface area contributed by atoms with Gasteiger partial charge in [-0.05, 0) is 67.9 Å². The zero-order valence-electron chi connectivity index (χ0n) is 13.2. The molecule has 0 aliphatic carbocycles. The van der Waals surface area contributed by atoms with Gasteiger partial charge in [0.05, 0.1) is 5.69 Å². The van der Waals surface area contributed by atoms with Gasteiger partial charge in [0.15, 0.2) is 0 Å². The first kappa shape index (κ1) is 15.8. The summed E-state index contributed by atoms with van der Waals surface area (Å²) in [6.07, 6.45) is 2.73. The Bertz CT molecular complexity index is 711. The number of hydrogen-bond donors (Lipinski definition) is 0. The Balaban J connectivity index is 2.23. The van der Waals surface area contributed by atoms with Gasteiger partial charge in [-0.1, -0.05) is 24.8 Å². The van der Waals surface area contributed by atoms with E-state index in [9.17, 15) is 0 Å². The molecule has 2 nitrogen and oxygen atoms in total. The van der Waals surface area contributed by atoms with Gasteiger partial charge in [-0.3, -0.25) is 4.99 Å². The van der Waals surface area contributed by atoms with Crippen molar-refractivity contribution >= 4 is 18.2 Å². The molecule has 0 heterocycles. The quantitative estimate of drug-likeness (QED) is 0.396. The van der Waals surface area contributed by atoms with Gasteiger partial charge >= 0.3 is 0 Å². The van der Waals surface area contributed by atoms with Crippen molar-refractivity contribution in [1.29, 1.82) is 0 Å². The van der Waals surface area contributed by atoms with E-state index in [0.29, 0.717) is 5.76 Å². The lowest BCUT2D eigenvalue weighted by atomic mass is 10.0. The fourth-order valence-corrected chi connectivity index (χ4v) is 2.21. The highest BCUT2D eigenvalue weighted by Gasteiger charge is 2.10. The first-order valence-electron chi connectivity index (χ1n) is 7.20. The third-order valence-corrected chi connectivity index (χ3v) is 3.63. The third kappa shape index (κ3) is 3.53. The Morgan fingerprint density at radius 3 is 2.36 bits per heavy atom. The van der Waals surface area contributed by atoms with Crippen LogP contribution in [0.5, 0.6) is 5.75 Å². The van der Waals surface area contributed by atoms with Crippen LogP contribution >= 0.6 is 0 Å². The highest BCUT2D eigenvalue weighted by molar-refractivity contribution is 5.73. The second-order valence-corrected chi connectivity index (χ2v) is 5.27. The lowest BCUT2D eigenvalue weighted by Gasteiger charge is -2.13. The van der Waals surface area contributed by atoms with Gasteiger partial charge in [0.25, 0.3) is 0 Å². The van der Waals surface area contributed by atoms with Gasteiger partial charge in [0.1, 0.15) is 11.5 Å². The summed E-state index contributed by atoms with van der Waals surface area (Å²) < 4.78 is 5.86. The molecule has 0 saturated heterocycles. The van der Waals surface area contributed by atoms with Gasteiger partial charge in [0.2, 0.25) is 0 Å². The van der Waals surface area contributed by atoms with Crippen molar-refractivity contribution < 1.29 is 4.74 Å². The molecule has 0 unspecified atom stereocenters. The van der Waals surface area contributed by atoms with Crippen LogP contribution in [0.25, 0.3) is 5.76 Å². The fraction of sp³-hybridized carbons (Fsp3) is 0.150. The average molecular weight is 291 g/mol. The van der Waals surface area contributed by atoms with Crippen molar-refractivity contribution in [2.45, 2.75) is 20.3 Å². The van der Waals surface area contributed by atoms with Crippen LogP contribution in [-0.2, 0) is 6.42 Å². The number of rotatable bonds is 6. The van der Waals surface area contributed by atoms with Gasteiger partial charge in [-0.15, -0.1) is 6.58 Å². The van der Waals surface area contributed by atoms with E-state index in [1.165, 1.54) is 16.7 Å². The number of allylic oxidation sites excluding steroid dienone is 1. The predicted octanol–water partition coefficient (Wildman–Crippen LogP) is 5.41. The molecule has 0 saturated carbocycles. The molecule has 0 aliphatic heterocycles. The molecule has 2 aromatic rings. The minimum Gasteiger partial charge on any atom is -0.457 e. The van der Waals surface area contributed by atoms with Gasteiger partial charge < -0.3 is 4.74 Å². The van der Waals surface area contributed by atoms with Crippen LogP contribution in [0.1, 0.15) is 22.3 Å². The number of benzene rings is 2. The molecule has 2 aromatic carbocycles. The molecule has 22 heavy (non-hydrogen) atoms. The molecule has 0 amide bonds. The Morgan fingerprint density at radius 2 is 1.77 bits per heavy atom. The predicted molar refractivity (Wildman–Crippen MR) is 95.1 cm³/mol. The van der Waals surface area contributed by atoms with Crippen LogP contribution in [0.15, 0.2) is 60.6 Å². The third-order valence-electron chi connectivity index (χ3n) is 3.63. The van der Waals surface area contributed by atoms with Crippen LogP contribution in [0, 0.1) is 13.8 Å². The molecular weight excluding hydrogens is 270 g/mol. The maximum Gasteiger partial charge on any atom is 0.129 e. The van der Waals surface area contributed by atoms with E-state index < -0.39 is 0 Å². The van der Waals surface area contributed by atoms with Gasteiger partial charge in [-0.25, -0.2) is 0 Å². The van der Waals surface area contributed by atoms with E-state index in [0.717, 1.165) is 23.4 Å². The average Bonchev–Trinajstić information content (AvgIpc) is 2.51. The summed E-state index contributed by atoms with van der Waals surface area (Å²) in [6, 6.07) is 12.0. The lowest BCUT2D eigenvalue weighted by molar-refractivity contribution is 0.516. The van der Waals surface area contributed by atoms with Gasteiger partial charge in [0, 0.05) is 5.56 Å². The molecule has 112 valence electrons. The molecule has 0 N–H and O–H groups in total. The molecule has 0 spiro atoms. The fourth-order valence-electron chi connectivity index (χ4n) is 2.21. The number of nitrogens with zero attached hydrogens (tertiary/aromatic N) is 1. The van der Waals surface area contributed by atoms with Crippen molar-refractivity contribution in [3.8, 4) is 5.75 Å². The van der Waals surface area contributed by atoms with E-state index >= 15 is 0 Å². The first-order chi connectivity index (χ1) is 10.5. The van der Waals surface area contributed by atoms with Crippen LogP contribution in [0.3, 0.4) is 0 Å². The first-order valence-corrected chi connectivity index (χ1v) is 7.20. The zero-order valence-corrected chi connectivity index (χ0v) is 13.2. The molecule has 0 atom stereocenters. The van der Waals surface area contributed by atoms with Crippen LogP contribution in [0.4, 0.5) is 5.69 Å². The summed E-state index contributed by atoms with van der Waals surface area (Å²) in [5, 5.41) is 0. The molecule has 0 bridgehead atoms. The van der Waals surface area contributed by atoms with E-state index in [1.54, 1.807) is 0 Å². The summed E-state index contributed by atoms with van der Waals surface area (Å²) in [7, 11) is 0. The van der Waals surface area contributed by atoms with Crippen molar-refractivity contribution in [2.75, 3.05) is 0 Å². The van der Waals surface area contributed by atoms with E-state index in [1.807, 2.05) is 42.5 Å². The summed E-state index contributed by atoms with van der Waals surface area (Å²) in [6.45, 7) is 15.5. The van der Waals surface area contributed by atoms with Crippen molar-refractivity contribution in [2.24, 2.45) is 4.99 Å². The summed E-state index contributed by atoms with van der Waals surface area (Å²) >= 11 is 0. The monoisotopic (exact) mass is 291 g/mol. The lowest BCUT2D eigenvalue weighted by Crippen LogP contribution is -1.96. The zero-order chi connectivity index (χ0) is 16.1. The molecule has 0 radical (unpaired) electrons.